The number of hydrogen-bond acceptors (Lipinski definition) is 3. The molecule has 3 N–H and O–H groups in total. The molecule has 4 heteroatoms. The molecule has 0 bridgehead atoms. The van der Waals surface area contributed by atoms with Crippen molar-refractivity contribution in [3.8, 4) is 0 Å². The van der Waals surface area contributed by atoms with E-state index in [1.807, 2.05) is 18.4 Å². The number of hydrogen-bond donors (Lipinski definition) is 2. The summed E-state index contributed by atoms with van der Waals surface area (Å²) in [6.45, 7) is 4.37. The van der Waals surface area contributed by atoms with Crippen molar-refractivity contribution >= 4 is 23.4 Å². The maximum absolute atomic E-state index is 11.8. The van der Waals surface area contributed by atoms with E-state index in [1.165, 1.54) is 5.56 Å². The summed E-state index contributed by atoms with van der Waals surface area (Å²) in [5, 5.41) is 2.86. The third-order valence-electron chi connectivity index (χ3n) is 3.33. The highest BCUT2D eigenvalue weighted by Gasteiger charge is 2.13. The van der Waals surface area contributed by atoms with Gasteiger partial charge in [-0.25, -0.2) is 0 Å². The van der Waals surface area contributed by atoms with Gasteiger partial charge in [0.15, 0.2) is 0 Å². The van der Waals surface area contributed by atoms with Crippen LogP contribution in [0.25, 0.3) is 0 Å². The van der Waals surface area contributed by atoms with Crippen LogP contribution in [-0.2, 0) is 4.79 Å². The van der Waals surface area contributed by atoms with Crippen LogP contribution in [0.4, 0.5) is 5.69 Å². The molecule has 0 aromatic heterocycles. The molecule has 0 heterocycles. The van der Waals surface area contributed by atoms with E-state index in [9.17, 15) is 4.79 Å². The number of carbonyl (C=O) groups is 1. The number of amides is 1. The minimum absolute atomic E-state index is 0.106. The van der Waals surface area contributed by atoms with E-state index in [-0.39, 0.29) is 5.91 Å². The second-order valence-electron chi connectivity index (χ2n) is 4.81. The van der Waals surface area contributed by atoms with Crippen LogP contribution in [0.1, 0.15) is 38.2 Å². The van der Waals surface area contributed by atoms with Crippen LogP contribution < -0.4 is 11.1 Å². The number of carbonyl (C=O) groups excluding carboxylic acids is 1. The van der Waals surface area contributed by atoms with Crippen LogP contribution in [0.15, 0.2) is 24.3 Å². The van der Waals surface area contributed by atoms with Gasteiger partial charge in [-0.05, 0) is 48.5 Å². The lowest BCUT2D eigenvalue weighted by Gasteiger charge is -2.13. The van der Waals surface area contributed by atoms with Crippen molar-refractivity contribution in [2.45, 2.75) is 38.6 Å². The van der Waals surface area contributed by atoms with Crippen molar-refractivity contribution in [2.75, 3.05) is 17.3 Å². The Balaban J connectivity index is 2.55. The van der Waals surface area contributed by atoms with Gasteiger partial charge in [-0.1, -0.05) is 26.0 Å². The first kappa shape index (κ1) is 16.1. The minimum Gasteiger partial charge on any atom is -0.325 e. The first-order valence-electron chi connectivity index (χ1n) is 6.73. The maximum atomic E-state index is 11.8. The first-order chi connectivity index (χ1) is 9.08. The third kappa shape index (κ3) is 5.25. The molecule has 1 rings (SSSR count). The fourth-order valence-electron chi connectivity index (χ4n) is 1.74. The van der Waals surface area contributed by atoms with Gasteiger partial charge < -0.3 is 11.1 Å². The van der Waals surface area contributed by atoms with Gasteiger partial charge in [-0.2, -0.15) is 11.8 Å². The Hall–Kier alpha value is -1.00. The summed E-state index contributed by atoms with van der Waals surface area (Å²) in [7, 11) is 0. The second kappa shape index (κ2) is 8.23. The van der Waals surface area contributed by atoms with E-state index in [1.54, 1.807) is 11.8 Å². The summed E-state index contributed by atoms with van der Waals surface area (Å²) in [4.78, 5) is 11.8. The molecule has 19 heavy (non-hydrogen) atoms. The van der Waals surface area contributed by atoms with Crippen LogP contribution in [0.5, 0.6) is 0 Å². The lowest BCUT2D eigenvalue weighted by Crippen LogP contribution is -2.36. The molecule has 1 amide bonds. The summed E-state index contributed by atoms with van der Waals surface area (Å²) in [5.74, 6) is 1.35. The first-order valence-corrected chi connectivity index (χ1v) is 8.13. The van der Waals surface area contributed by atoms with Crippen molar-refractivity contribution < 1.29 is 4.79 Å². The average molecular weight is 280 g/mol. The SMILES string of the molecule is CCC(C)c1ccc(NC(=O)[C@H](N)CCSC)cc1. The number of rotatable bonds is 7. The average Bonchev–Trinajstić information content (AvgIpc) is 2.44. The molecule has 0 saturated heterocycles. The van der Waals surface area contributed by atoms with Crippen molar-refractivity contribution in [2.24, 2.45) is 5.73 Å². The molecule has 1 unspecified atom stereocenters. The molecule has 0 fully saturated rings. The van der Waals surface area contributed by atoms with E-state index in [4.69, 9.17) is 5.73 Å². The monoisotopic (exact) mass is 280 g/mol. The highest BCUT2D eigenvalue weighted by molar-refractivity contribution is 7.98. The topological polar surface area (TPSA) is 55.1 Å². The fourth-order valence-corrected chi connectivity index (χ4v) is 2.23. The Kier molecular flexibility index (Phi) is 6.95. The highest BCUT2D eigenvalue weighted by atomic mass is 32.2. The Morgan fingerprint density at radius 2 is 2.00 bits per heavy atom. The summed E-state index contributed by atoms with van der Waals surface area (Å²) in [6, 6.07) is 7.59. The minimum atomic E-state index is -0.429. The predicted octanol–water partition coefficient (Wildman–Crippen LogP) is 3.22. The zero-order valence-corrected chi connectivity index (χ0v) is 12.8. The highest BCUT2D eigenvalue weighted by Crippen LogP contribution is 2.20. The summed E-state index contributed by atoms with van der Waals surface area (Å²) in [5.41, 5.74) is 7.94. The number of nitrogens with two attached hydrogens (primary N) is 1. The van der Waals surface area contributed by atoms with Gasteiger partial charge in [0.2, 0.25) is 5.91 Å². The van der Waals surface area contributed by atoms with Crippen molar-refractivity contribution in [1.82, 2.24) is 0 Å². The van der Waals surface area contributed by atoms with Gasteiger partial charge in [0, 0.05) is 5.69 Å². The molecule has 0 radical (unpaired) electrons. The molecular weight excluding hydrogens is 256 g/mol. The summed E-state index contributed by atoms with van der Waals surface area (Å²) < 4.78 is 0. The van der Waals surface area contributed by atoms with E-state index >= 15 is 0 Å². The second-order valence-corrected chi connectivity index (χ2v) is 5.79. The van der Waals surface area contributed by atoms with E-state index in [0.29, 0.717) is 12.3 Å². The molecule has 106 valence electrons. The predicted molar refractivity (Wildman–Crippen MR) is 84.8 cm³/mol. The number of nitrogens with one attached hydrogen (secondary N) is 1. The van der Waals surface area contributed by atoms with Crippen molar-refractivity contribution in [1.29, 1.82) is 0 Å². The standard InChI is InChI=1S/C15H24N2OS/c1-4-11(2)12-5-7-13(8-6-12)17-15(18)14(16)9-10-19-3/h5-8,11,14H,4,9-10,16H2,1-3H3,(H,17,18)/t11?,14-/m1/s1. The lowest BCUT2D eigenvalue weighted by atomic mass is 9.98. The van der Waals surface area contributed by atoms with Crippen LogP contribution in [-0.4, -0.2) is 24.0 Å². The van der Waals surface area contributed by atoms with E-state index in [2.05, 4.69) is 31.3 Å². The third-order valence-corrected chi connectivity index (χ3v) is 3.97. The zero-order valence-electron chi connectivity index (χ0n) is 12.0. The van der Waals surface area contributed by atoms with E-state index < -0.39 is 6.04 Å². The molecule has 0 aliphatic rings. The van der Waals surface area contributed by atoms with Gasteiger partial charge >= 0.3 is 0 Å². The lowest BCUT2D eigenvalue weighted by molar-refractivity contribution is -0.117. The smallest absolute Gasteiger partial charge is 0.241 e. The van der Waals surface area contributed by atoms with Gasteiger partial charge in [0.1, 0.15) is 0 Å². The quantitative estimate of drug-likeness (QED) is 0.806. The fraction of sp³-hybridized carbons (Fsp3) is 0.533. The van der Waals surface area contributed by atoms with E-state index in [0.717, 1.165) is 17.9 Å². The van der Waals surface area contributed by atoms with Crippen LogP contribution >= 0.6 is 11.8 Å². The molecule has 1 aromatic carbocycles. The Labute approximate surface area is 120 Å². The number of thioether (sulfide) groups is 1. The van der Waals surface area contributed by atoms with Crippen LogP contribution in [0.2, 0.25) is 0 Å². The van der Waals surface area contributed by atoms with Crippen LogP contribution in [0, 0.1) is 0 Å². The van der Waals surface area contributed by atoms with Gasteiger partial charge in [-0.3, -0.25) is 4.79 Å². The van der Waals surface area contributed by atoms with Crippen molar-refractivity contribution in [3.63, 3.8) is 0 Å². The largest absolute Gasteiger partial charge is 0.325 e. The Morgan fingerprint density at radius 3 is 2.53 bits per heavy atom. The molecule has 2 atom stereocenters. The normalized spacial score (nSPS) is 13.9. The Morgan fingerprint density at radius 1 is 1.37 bits per heavy atom. The molecule has 1 aromatic rings. The van der Waals surface area contributed by atoms with Gasteiger partial charge in [0.05, 0.1) is 6.04 Å². The molecule has 0 saturated carbocycles. The maximum Gasteiger partial charge on any atom is 0.241 e. The Bertz CT molecular complexity index is 392. The summed E-state index contributed by atoms with van der Waals surface area (Å²) in [6.07, 6.45) is 3.83. The molecule has 0 spiro atoms. The number of anilines is 1. The van der Waals surface area contributed by atoms with Crippen LogP contribution in [0.3, 0.4) is 0 Å². The van der Waals surface area contributed by atoms with Gasteiger partial charge in [-0.15, -0.1) is 0 Å². The number of benzene rings is 1. The van der Waals surface area contributed by atoms with Gasteiger partial charge in [0.25, 0.3) is 0 Å². The molecule has 0 aliphatic heterocycles. The molecule has 0 aliphatic carbocycles. The zero-order chi connectivity index (χ0) is 14.3. The van der Waals surface area contributed by atoms with Crippen molar-refractivity contribution in [3.05, 3.63) is 29.8 Å². The molecule has 3 nitrogen and oxygen atoms in total. The molecular formula is C15H24N2OS. The summed E-state index contributed by atoms with van der Waals surface area (Å²) >= 11 is 1.70.